The molecule has 3 heteroatoms. The average molecular weight is 260 g/mol. The molecule has 0 aliphatic carbocycles. The molecular formula is C16H20O3. The van der Waals surface area contributed by atoms with Gasteiger partial charge in [0.15, 0.2) is 0 Å². The lowest BCUT2D eigenvalue weighted by atomic mass is 9.99. The quantitative estimate of drug-likeness (QED) is 0.757. The zero-order chi connectivity index (χ0) is 13.8. The topological polar surface area (TPSA) is 39.4 Å². The van der Waals surface area contributed by atoms with E-state index in [2.05, 4.69) is 13.0 Å². The Morgan fingerprint density at radius 3 is 2.84 bits per heavy atom. The van der Waals surface area contributed by atoms with Crippen LogP contribution in [-0.4, -0.2) is 13.1 Å². The molecule has 0 saturated heterocycles. The van der Waals surface area contributed by atoms with Crippen molar-refractivity contribution in [3.8, 4) is 0 Å². The fourth-order valence-electron chi connectivity index (χ4n) is 2.28. The Labute approximate surface area is 113 Å². The Balaban J connectivity index is 2.35. The van der Waals surface area contributed by atoms with E-state index in [4.69, 9.17) is 9.15 Å². The van der Waals surface area contributed by atoms with Crippen LogP contribution in [-0.2, 0) is 9.53 Å². The molecule has 0 radical (unpaired) electrons. The molecule has 3 nitrogen and oxygen atoms in total. The lowest BCUT2D eigenvalue weighted by Crippen LogP contribution is -2.13. The van der Waals surface area contributed by atoms with E-state index in [9.17, 15) is 4.79 Å². The molecule has 0 N–H and O–H groups in total. The summed E-state index contributed by atoms with van der Waals surface area (Å²) >= 11 is 0. The lowest BCUT2D eigenvalue weighted by Gasteiger charge is -2.11. The molecule has 1 atom stereocenters. The zero-order valence-electron chi connectivity index (χ0n) is 11.7. The van der Waals surface area contributed by atoms with Gasteiger partial charge in [0.05, 0.1) is 7.11 Å². The number of hydrogen-bond acceptors (Lipinski definition) is 3. The van der Waals surface area contributed by atoms with Crippen LogP contribution in [0.3, 0.4) is 0 Å². The second kappa shape index (κ2) is 5.91. The van der Waals surface area contributed by atoms with E-state index in [1.807, 2.05) is 25.1 Å². The summed E-state index contributed by atoms with van der Waals surface area (Å²) in [6.07, 6.45) is 2.80. The van der Waals surface area contributed by atoms with Crippen molar-refractivity contribution in [1.82, 2.24) is 0 Å². The van der Waals surface area contributed by atoms with Crippen LogP contribution in [0.1, 0.15) is 43.4 Å². The third-order valence-corrected chi connectivity index (χ3v) is 3.37. The van der Waals surface area contributed by atoms with Gasteiger partial charge in [0.1, 0.15) is 17.3 Å². The summed E-state index contributed by atoms with van der Waals surface area (Å²) in [6.45, 7) is 4.15. The van der Waals surface area contributed by atoms with E-state index in [0.717, 1.165) is 30.2 Å². The highest BCUT2D eigenvalue weighted by Gasteiger charge is 2.24. The van der Waals surface area contributed by atoms with Crippen molar-refractivity contribution in [2.24, 2.45) is 0 Å². The third kappa shape index (κ3) is 2.98. The van der Waals surface area contributed by atoms with Crippen molar-refractivity contribution in [2.45, 2.75) is 39.0 Å². The molecule has 0 aliphatic rings. The summed E-state index contributed by atoms with van der Waals surface area (Å²) in [6, 6.07) is 7.98. The van der Waals surface area contributed by atoms with Crippen LogP contribution >= 0.6 is 0 Å². The van der Waals surface area contributed by atoms with Crippen LogP contribution in [0, 0.1) is 6.92 Å². The SMILES string of the molecule is CCCCC(C(=O)OC)c1cc2cc(C)ccc2o1. The Kier molecular flexibility index (Phi) is 4.25. The zero-order valence-corrected chi connectivity index (χ0v) is 11.7. The molecule has 1 aromatic carbocycles. The fraction of sp³-hybridized carbons (Fsp3) is 0.438. The van der Waals surface area contributed by atoms with Crippen LogP contribution in [0.15, 0.2) is 28.7 Å². The van der Waals surface area contributed by atoms with Crippen molar-refractivity contribution < 1.29 is 13.9 Å². The Hall–Kier alpha value is -1.77. The molecule has 0 bridgehead atoms. The van der Waals surface area contributed by atoms with Gasteiger partial charge in [-0.2, -0.15) is 0 Å². The van der Waals surface area contributed by atoms with Gasteiger partial charge in [-0.25, -0.2) is 0 Å². The fourth-order valence-corrected chi connectivity index (χ4v) is 2.28. The standard InChI is InChI=1S/C16H20O3/c1-4-5-6-13(16(17)18-3)15-10-12-9-11(2)7-8-14(12)19-15/h7-10,13H,4-6H2,1-3H3. The number of unbranched alkanes of at least 4 members (excludes halogenated alkanes) is 1. The van der Waals surface area contributed by atoms with Gasteiger partial charge >= 0.3 is 5.97 Å². The van der Waals surface area contributed by atoms with E-state index in [1.54, 1.807) is 0 Å². The predicted octanol–water partition coefficient (Wildman–Crippen LogP) is 4.19. The summed E-state index contributed by atoms with van der Waals surface area (Å²) in [4.78, 5) is 11.9. The third-order valence-electron chi connectivity index (χ3n) is 3.37. The summed E-state index contributed by atoms with van der Waals surface area (Å²) < 4.78 is 10.7. The molecule has 1 aromatic heterocycles. The van der Waals surface area contributed by atoms with Crippen molar-refractivity contribution in [3.63, 3.8) is 0 Å². The van der Waals surface area contributed by atoms with Crippen molar-refractivity contribution in [1.29, 1.82) is 0 Å². The van der Waals surface area contributed by atoms with E-state index in [1.165, 1.54) is 12.7 Å². The maximum absolute atomic E-state index is 11.9. The minimum absolute atomic E-state index is 0.218. The van der Waals surface area contributed by atoms with Gasteiger partial charge in [0.25, 0.3) is 0 Å². The number of fused-ring (bicyclic) bond motifs is 1. The molecule has 2 aromatic rings. The first-order valence-electron chi connectivity index (χ1n) is 6.73. The van der Waals surface area contributed by atoms with Crippen LogP contribution < -0.4 is 0 Å². The highest BCUT2D eigenvalue weighted by Crippen LogP contribution is 2.30. The molecule has 0 spiro atoms. The maximum atomic E-state index is 11.9. The first-order valence-corrected chi connectivity index (χ1v) is 6.73. The minimum Gasteiger partial charge on any atom is -0.468 e. The van der Waals surface area contributed by atoms with Gasteiger partial charge in [0, 0.05) is 5.39 Å². The number of furan rings is 1. The highest BCUT2D eigenvalue weighted by molar-refractivity contribution is 5.83. The maximum Gasteiger partial charge on any atom is 0.316 e. The van der Waals surface area contributed by atoms with E-state index >= 15 is 0 Å². The first kappa shape index (κ1) is 13.7. The smallest absolute Gasteiger partial charge is 0.316 e. The second-order valence-corrected chi connectivity index (χ2v) is 4.91. The molecule has 0 amide bonds. The van der Waals surface area contributed by atoms with Gasteiger partial charge in [-0.15, -0.1) is 0 Å². The molecule has 2 rings (SSSR count). The number of benzene rings is 1. The minimum atomic E-state index is -0.294. The van der Waals surface area contributed by atoms with Crippen molar-refractivity contribution in [3.05, 3.63) is 35.6 Å². The van der Waals surface area contributed by atoms with E-state index in [0.29, 0.717) is 5.76 Å². The van der Waals surface area contributed by atoms with Gasteiger partial charge in [0.2, 0.25) is 0 Å². The summed E-state index contributed by atoms with van der Waals surface area (Å²) in [5.41, 5.74) is 2.01. The Bertz CT molecular complexity index is 568. The normalized spacial score (nSPS) is 12.6. The molecule has 0 saturated carbocycles. The number of ether oxygens (including phenoxy) is 1. The number of carbonyl (C=O) groups excluding carboxylic acids is 1. The van der Waals surface area contributed by atoms with Gasteiger partial charge in [-0.05, 0) is 31.5 Å². The Morgan fingerprint density at radius 2 is 2.16 bits per heavy atom. The van der Waals surface area contributed by atoms with Gasteiger partial charge < -0.3 is 9.15 Å². The first-order chi connectivity index (χ1) is 9.15. The van der Waals surface area contributed by atoms with Crippen molar-refractivity contribution >= 4 is 16.9 Å². The summed E-state index contributed by atoms with van der Waals surface area (Å²) in [7, 11) is 1.42. The number of aryl methyl sites for hydroxylation is 1. The molecule has 0 fully saturated rings. The molecule has 1 unspecified atom stereocenters. The van der Waals surface area contributed by atoms with E-state index in [-0.39, 0.29) is 11.9 Å². The summed E-state index contributed by atoms with van der Waals surface area (Å²) in [5.74, 6) is 0.197. The molecule has 19 heavy (non-hydrogen) atoms. The average Bonchev–Trinajstić information content (AvgIpc) is 2.81. The molecule has 0 aliphatic heterocycles. The van der Waals surface area contributed by atoms with Gasteiger partial charge in [-0.1, -0.05) is 31.4 Å². The molecular weight excluding hydrogens is 240 g/mol. The van der Waals surface area contributed by atoms with Crippen LogP contribution in [0.5, 0.6) is 0 Å². The van der Waals surface area contributed by atoms with Gasteiger partial charge in [-0.3, -0.25) is 4.79 Å². The highest BCUT2D eigenvalue weighted by atomic mass is 16.5. The number of hydrogen-bond donors (Lipinski definition) is 0. The largest absolute Gasteiger partial charge is 0.468 e. The predicted molar refractivity (Wildman–Crippen MR) is 75.2 cm³/mol. The number of rotatable bonds is 5. The molecule has 1 heterocycles. The second-order valence-electron chi connectivity index (χ2n) is 4.91. The molecule has 102 valence electrons. The van der Waals surface area contributed by atoms with Crippen LogP contribution in [0.25, 0.3) is 11.0 Å². The number of methoxy groups -OCH3 is 1. The van der Waals surface area contributed by atoms with Crippen LogP contribution in [0.2, 0.25) is 0 Å². The summed E-state index contributed by atoms with van der Waals surface area (Å²) in [5, 5.41) is 1.04. The van der Waals surface area contributed by atoms with Crippen LogP contribution in [0.4, 0.5) is 0 Å². The Morgan fingerprint density at radius 1 is 1.37 bits per heavy atom. The number of esters is 1. The number of carbonyl (C=O) groups is 1. The monoisotopic (exact) mass is 260 g/mol. The van der Waals surface area contributed by atoms with E-state index < -0.39 is 0 Å². The van der Waals surface area contributed by atoms with Crippen molar-refractivity contribution in [2.75, 3.05) is 7.11 Å². The lowest BCUT2D eigenvalue weighted by molar-refractivity contribution is -0.143.